The van der Waals surface area contributed by atoms with Gasteiger partial charge >= 0.3 is 0 Å². The molecule has 1 spiro atoms. The lowest BCUT2D eigenvalue weighted by Crippen LogP contribution is -2.56. The predicted molar refractivity (Wildman–Crippen MR) is 53.2 cm³/mol. The van der Waals surface area contributed by atoms with Crippen LogP contribution in [0.2, 0.25) is 0 Å². The normalized spacial score (nSPS) is 38.8. The number of carbonyl (C=O) groups excluding carboxylic acids is 1. The van der Waals surface area contributed by atoms with Crippen LogP contribution < -0.4 is 5.32 Å². The summed E-state index contributed by atoms with van der Waals surface area (Å²) in [5.74, 6) is -0.170. The van der Waals surface area contributed by atoms with Crippen molar-refractivity contribution in [3.05, 3.63) is 0 Å². The number of carbonyl (C=O) groups is 1. The molecule has 15 heavy (non-hydrogen) atoms. The Labute approximate surface area is 89.3 Å². The summed E-state index contributed by atoms with van der Waals surface area (Å²) in [6.07, 6.45) is 6.41. The first-order valence-corrected chi connectivity index (χ1v) is 5.89. The summed E-state index contributed by atoms with van der Waals surface area (Å²) in [6.45, 7) is 0.644. The Morgan fingerprint density at radius 2 is 2.00 bits per heavy atom. The van der Waals surface area contributed by atoms with E-state index < -0.39 is 0 Å². The van der Waals surface area contributed by atoms with Gasteiger partial charge in [-0.1, -0.05) is 6.42 Å². The van der Waals surface area contributed by atoms with Crippen LogP contribution in [0.25, 0.3) is 0 Å². The first-order chi connectivity index (χ1) is 7.27. The fourth-order valence-corrected chi connectivity index (χ4v) is 2.74. The highest BCUT2D eigenvalue weighted by molar-refractivity contribution is 5.83. The van der Waals surface area contributed by atoms with E-state index in [0.717, 1.165) is 12.8 Å². The molecule has 84 valence electrons. The number of amides is 1. The molecule has 1 N–H and O–H groups in total. The van der Waals surface area contributed by atoms with Crippen LogP contribution in [0, 0.1) is 0 Å². The zero-order chi connectivity index (χ0) is 10.3. The zero-order valence-corrected chi connectivity index (χ0v) is 8.83. The first kappa shape index (κ1) is 9.60. The summed E-state index contributed by atoms with van der Waals surface area (Å²) < 4.78 is 11.8. The molecule has 2 atom stereocenters. The third kappa shape index (κ3) is 1.66. The predicted octanol–water partition coefficient (Wildman–Crippen LogP) is 0.951. The number of hydrogen-bond donors (Lipinski definition) is 1. The minimum absolute atomic E-state index is 0.0841. The van der Waals surface area contributed by atoms with Crippen LogP contribution in [0.3, 0.4) is 0 Å². The first-order valence-electron chi connectivity index (χ1n) is 5.89. The van der Waals surface area contributed by atoms with Gasteiger partial charge in [-0.25, -0.2) is 0 Å². The molecule has 1 amide bonds. The topological polar surface area (TPSA) is 47.6 Å². The average Bonchev–Trinajstić information content (AvgIpc) is 2.59. The third-order valence-corrected chi connectivity index (χ3v) is 3.69. The van der Waals surface area contributed by atoms with Crippen LogP contribution in [0.5, 0.6) is 0 Å². The second-order valence-electron chi connectivity index (χ2n) is 4.82. The van der Waals surface area contributed by atoms with E-state index in [0.29, 0.717) is 13.0 Å². The summed E-state index contributed by atoms with van der Waals surface area (Å²) in [7, 11) is 0. The van der Waals surface area contributed by atoms with E-state index in [1.54, 1.807) is 0 Å². The van der Waals surface area contributed by atoms with Gasteiger partial charge in [-0.05, 0) is 12.8 Å². The molecule has 4 heteroatoms. The Bertz CT molecular complexity index is 265. The lowest BCUT2D eigenvalue weighted by atomic mass is 9.94. The molecule has 0 aromatic carbocycles. The van der Waals surface area contributed by atoms with Gasteiger partial charge in [0.25, 0.3) is 0 Å². The van der Waals surface area contributed by atoms with E-state index in [-0.39, 0.29) is 23.8 Å². The maximum atomic E-state index is 10.8. The third-order valence-electron chi connectivity index (χ3n) is 3.69. The van der Waals surface area contributed by atoms with E-state index in [4.69, 9.17) is 9.47 Å². The molecule has 3 aliphatic rings. The van der Waals surface area contributed by atoms with E-state index in [1.807, 2.05) is 0 Å². The SMILES string of the molecule is O=C1CC([C@H]2COC3(CCCCC3)O2)N1. The maximum absolute atomic E-state index is 10.8. The monoisotopic (exact) mass is 211 g/mol. The minimum atomic E-state index is -0.302. The highest BCUT2D eigenvalue weighted by Crippen LogP contribution is 2.39. The maximum Gasteiger partial charge on any atom is 0.222 e. The molecule has 3 fully saturated rings. The van der Waals surface area contributed by atoms with E-state index in [1.165, 1.54) is 19.3 Å². The second-order valence-corrected chi connectivity index (χ2v) is 4.82. The van der Waals surface area contributed by atoms with Gasteiger partial charge in [-0.15, -0.1) is 0 Å². The van der Waals surface area contributed by atoms with Gasteiger partial charge in [-0.2, -0.15) is 0 Å². The fourth-order valence-electron chi connectivity index (χ4n) is 2.74. The molecule has 4 nitrogen and oxygen atoms in total. The Hall–Kier alpha value is -0.610. The fraction of sp³-hybridized carbons (Fsp3) is 0.909. The van der Waals surface area contributed by atoms with Crippen molar-refractivity contribution in [1.29, 1.82) is 0 Å². The smallest absolute Gasteiger partial charge is 0.222 e. The van der Waals surface area contributed by atoms with Crippen molar-refractivity contribution in [2.24, 2.45) is 0 Å². The molecule has 1 unspecified atom stereocenters. The quantitative estimate of drug-likeness (QED) is 0.657. The molecule has 2 heterocycles. The van der Waals surface area contributed by atoms with Gasteiger partial charge in [0, 0.05) is 19.3 Å². The highest BCUT2D eigenvalue weighted by Gasteiger charge is 2.47. The van der Waals surface area contributed by atoms with Gasteiger partial charge in [0.1, 0.15) is 6.10 Å². The minimum Gasteiger partial charge on any atom is -0.350 e. The molecule has 0 radical (unpaired) electrons. The van der Waals surface area contributed by atoms with Crippen LogP contribution in [-0.2, 0) is 14.3 Å². The van der Waals surface area contributed by atoms with Crippen molar-refractivity contribution in [2.75, 3.05) is 6.61 Å². The van der Waals surface area contributed by atoms with Crippen molar-refractivity contribution in [3.63, 3.8) is 0 Å². The van der Waals surface area contributed by atoms with E-state index >= 15 is 0 Å². The average molecular weight is 211 g/mol. The van der Waals surface area contributed by atoms with Gasteiger partial charge in [0.05, 0.1) is 12.6 Å². The molecular weight excluding hydrogens is 194 g/mol. The standard InChI is InChI=1S/C11H17NO3/c13-10-6-8(12-10)9-7-14-11(15-9)4-2-1-3-5-11/h8-9H,1-7H2,(H,12,13)/t8?,9-/m1/s1. The lowest BCUT2D eigenvalue weighted by molar-refractivity contribution is -0.191. The Balaban J connectivity index is 1.60. The molecule has 2 aliphatic heterocycles. The number of β-lactam (4-membered cyclic amide) rings is 1. The van der Waals surface area contributed by atoms with E-state index in [9.17, 15) is 4.79 Å². The molecule has 1 saturated carbocycles. The summed E-state index contributed by atoms with van der Waals surface area (Å²) >= 11 is 0. The number of ether oxygens (including phenoxy) is 2. The van der Waals surface area contributed by atoms with Crippen LogP contribution >= 0.6 is 0 Å². The van der Waals surface area contributed by atoms with Crippen molar-refractivity contribution in [1.82, 2.24) is 5.32 Å². The van der Waals surface area contributed by atoms with Crippen LogP contribution in [0.4, 0.5) is 0 Å². The van der Waals surface area contributed by atoms with Gasteiger partial charge < -0.3 is 14.8 Å². The summed E-state index contributed by atoms with van der Waals surface area (Å²) in [6, 6.07) is 0.193. The largest absolute Gasteiger partial charge is 0.350 e. The Morgan fingerprint density at radius 3 is 2.67 bits per heavy atom. The van der Waals surface area contributed by atoms with Crippen LogP contribution in [0.15, 0.2) is 0 Å². The van der Waals surface area contributed by atoms with Crippen LogP contribution in [0.1, 0.15) is 38.5 Å². The summed E-state index contributed by atoms with van der Waals surface area (Å²) in [4.78, 5) is 10.8. The number of hydrogen-bond acceptors (Lipinski definition) is 3. The van der Waals surface area contributed by atoms with Crippen molar-refractivity contribution in [3.8, 4) is 0 Å². The lowest BCUT2D eigenvalue weighted by Gasteiger charge is -2.35. The van der Waals surface area contributed by atoms with Crippen molar-refractivity contribution in [2.45, 2.75) is 56.5 Å². The molecule has 0 aromatic rings. The molecule has 0 aromatic heterocycles. The van der Waals surface area contributed by atoms with Gasteiger partial charge in [-0.3, -0.25) is 4.79 Å². The highest BCUT2D eigenvalue weighted by atomic mass is 16.7. The van der Waals surface area contributed by atoms with Crippen LogP contribution in [-0.4, -0.2) is 30.4 Å². The molecule has 0 bridgehead atoms. The zero-order valence-electron chi connectivity index (χ0n) is 8.83. The Morgan fingerprint density at radius 1 is 1.27 bits per heavy atom. The molecule has 2 saturated heterocycles. The van der Waals surface area contributed by atoms with E-state index in [2.05, 4.69) is 5.32 Å². The number of rotatable bonds is 1. The Kier molecular flexibility index (Phi) is 2.21. The number of nitrogens with one attached hydrogen (secondary N) is 1. The summed E-state index contributed by atoms with van der Waals surface area (Å²) in [5.41, 5.74) is 0. The summed E-state index contributed by atoms with van der Waals surface area (Å²) in [5, 5.41) is 2.86. The molecule has 1 aliphatic carbocycles. The molecular formula is C11H17NO3. The molecule has 3 rings (SSSR count). The van der Waals surface area contributed by atoms with Gasteiger partial charge in [0.2, 0.25) is 5.91 Å². The second kappa shape index (κ2) is 3.46. The van der Waals surface area contributed by atoms with Gasteiger partial charge in [0.15, 0.2) is 5.79 Å². The van der Waals surface area contributed by atoms with Crippen molar-refractivity contribution < 1.29 is 14.3 Å². The van der Waals surface area contributed by atoms with Crippen molar-refractivity contribution >= 4 is 5.91 Å².